The standard InChI is InChI=1S/C66H38O/c1-2-10-39(11-3-1)47-18-9-19-52-55(47)30-22-40-20-21-44(35-58(40)52)43-12-8-13-45(34-43)48-28-23-41-26-32-57-49(29-24-42-25-31-56(48)65(41)66(42)57)46-27-33-63-61(36-46)62-37-59-53-16-6-4-14-50(53)51-15-5-7-17-54(51)60(59)38-64(62)67-63/h1-38H. The van der Waals surface area contributed by atoms with E-state index in [2.05, 4.69) is 231 Å². The van der Waals surface area contributed by atoms with Gasteiger partial charge in [-0.1, -0.05) is 194 Å². The molecule has 0 N–H and O–H groups in total. The Morgan fingerprint density at radius 3 is 1.39 bits per heavy atom. The van der Waals surface area contributed by atoms with E-state index in [1.807, 2.05) is 0 Å². The van der Waals surface area contributed by atoms with Crippen molar-refractivity contribution in [1.29, 1.82) is 0 Å². The van der Waals surface area contributed by atoms with E-state index in [0.29, 0.717) is 0 Å². The second kappa shape index (κ2) is 13.9. The van der Waals surface area contributed by atoms with Gasteiger partial charge in [0, 0.05) is 10.8 Å². The molecule has 1 heteroatoms. The van der Waals surface area contributed by atoms with Crippen LogP contribution in [0.3, 0.4) is 0 Å². The normalized spacial score (nSPS) is 12.2. The third kappa shape index (κ3) is 5.37. The monoisotopic (exact) mass is 846 g/mol. The second-order valence-electron chi connectivity index (χ2n) is 18.3. The summed E-state index contributed by atoms with van der Waals surface area (Å²) in [7, 11) is 0. The summed E-state index contributed by atoms with van der Waals surface area (Å²) in [4.78, 5) is 0. The lowest BCUT2D eigenvalue weighted by Gasteiger charge is -2.17. The predicted octanol–water partition coefficient (Wildman–Crippen LogP) is 18.9. The Balaban J connectivity index is 0.862. The SMILES string of the molecule is c1ccc(-c2cccc3c2ccc2ccc(-c4cccc(-c5ccc6ccc7c(-c8ccc9oc%10cc%11c%12ccccc%12c%12ccccc%12c%11cc%10c9c8)ccc8ccc5c6c87)c4)cc23)cc1. The molecule has 15 aromatic rings. The number of hydrogen-bond donors (Lipinski definition) is 0. The second-order valence-corrected chi connectivity index (χ2v) is 18.3. The molecule has 1 nitrogen and oxygen atoms in total. The summed E-state index contributed by atoms with van der Waals surface area (Å²) in [5.74, 6) is 0. The molecule has 0 aliphatic rings. The van der Waals surface area contributed by atoms with E-state index in [4.69, 9.17) is 4.42 Å². The van der Waals surface area contributed by atoms with Gasteiger partial charge in [-0.15, -0.1) is 0 Å². The highest BCUT2D eigenvalue weighted by Gasteiger charge is 2.18. The van der Waals surface area contributed by atoms with E-state index < -0.39 is 0 Å². The molecule has 1 aromatic heterocycles. The van der Waals surface area contributed by atoms with Gasteiger partial charge < -0.3 is 4.42 Å². The third-order valence-electron chi connectivity index (χ3n) is 14.8. The Morgan fingerprint density at radius 2 is 0.657 bits per heavy atom. The van der Waals surface area contributed by atoms with Gasteiger partial charge in [-0.05, 0) is 167 Å². The highest BCUT2D eigenvalue weighted by molar-refractivity contribution is 6.30. The van der Waals surface area contributed by atoms with Gasteiger partial charge in [-0.3, -0.25) is 0 Å². The first kappa shape index (κ1) is 36.5. The number of rotatable bonds is 4. The van der Waals surface area contributed by atoms with Crippen LogP contribution in [0, 0.1) is 0 Å². The predicted molar refractivity (Wildman–Crippen MR) is 287 cm³/mol. The Hall–Kier alpha value is -8.78. The fraction of sp³-hybridized carbons (Fsp3) is 0. The van der Waals surface area contributed by atoms with Crippen molar-refractivity contribution in [1.82, 2.24) is 0 Å². The van der Waals surface area contributed by atoms with Crippen LogP contribution >= 0.6 is 0 Å². The lowest BCUT2D eigenvalue weighted by Crippen LogP contribution is -1.90. The van der Waals surface area contributed by atoms with E-state index in [0.717, 1.165) is 21.9 Å². The van der Waals surface area contributed by atoms with Gasteiger partial charge in [-0.2, -0.15) is 0 Å². The van der Waals surface area contributed by atoms with E-state index >= 15 is 0 Å². The van der Waals surface area contributed by atoms with Crippen molar-refractivity contribution in [3.8, 4) is 44.5 Å². The first-order valence-electron chi connectivity index (χ1n) is 23.2. The summed E-state index contributed by atoms with van der Waals surface area (Å²) >= 11 is 0. The van der Waals surface area contributed by atoms with Gasteiger partial charge >= 0.3 is 0 Å². The molecule has 308 valence electrons. The van der Waals surface area contributed by atoms with Gasteiger partial charge in [0.2, 0.25) is 0 Å². The fourth-order valence-electron chi connectivity index (χ4n) is 11.6. The zero-order valence-corrected chi connectivity index (χ0v) is 36.3. The van der Waals surface area contributed by atoms with Crippen LogP contribution in [-0.4, -0.2) is 0 Å². The Kier molecular flexibility index (Phi) is 7.56. The minimum absolute atomic E-state index is 0.904. The summed E-state index contributed by atoms with van der Waals surface area (Å²) in [6.45, 7) is 0. The molecule has 0 spiro atoms. The Labute approximate surface area is 385 Å². The molecule has 0 saturated heterocycles. The molecular formula is C66H38O. The Bertz CT molecular complexity index is 4550. The maximum absolute atomic E-state index is 6.64. The highest BCUT2D eigenvalue weighted by Crippen LogP contribution is 2.45. The topological polar surface area (TPSA) is 13.1 Å². The average Bonchev–Trinajstić information content (AvgIpc) is 3.76. The minimum atomic E-state index is 0.904. The first-order valence-corrected chi connectivity index (χ1v) is 23.2. The summed E-state index contributed by atoms with van der Waals surface area (Å²) in [5.41, 5.74) is 11.6. The number of benzene rings is 14. The van der Waals surface area contributed by atoms with Crippen molar-refractivity contribution in [3.05, 3.63) is 231 Å². The molecule has 15 rings (SSSR count). The summed E-state index contributed by atoms with van der Waals surface area (Å²) in [6.07, 6.45) is 0. The van der Waals surface area contributed by atoms with Gasteiger partial charge in [0.25, 0.3) is 0 Å². The molecule has 67 heavy (non-hydrogen) atoms. The largest absolute Gasteiger partial charge is 0.456 e. The highest BCUT2D eigenvalue weighted by atomic mass is 16.3. The molecule has 0 aliphatic heterocycles. The van der Waals surface area contributed by atoms with E-state index in [-0.39, 0.29) is 0 Å². The van der Waals surface area contributed by atoms with Crippen LogP contribution in [0.2, 0.25) is 0 Å². The molecular weight excluding hydrogens is 809 g/mol. The minimum Gasteiger partial charge on any atom is -0.456 e. The van der Waals surface area contributed by atoms with Crippen LogP contribution in [0.4, 0.5) is 0 Å². The van der Waals surface area contributed by atoms with Crippen molar-refractivity contribution < 1.29 is 4.42 Å². The van der Waals surface area contributed by atoms with E-state index in [1.54, 1.807) is 0 Å². The molecule has 0 bridgehead atoms. The number of hydrogen-bond acceptors (Lipinski definition) is 1. The molecule has 0 radical (unpaired) electrons. The summed E-state index contributed by atoms with van der Waals surface area (Å²) < 4.78 is 6.64. The maximum Gasteiger partial charge on any atom is 0.136 e. The van der Waals surface area contributed by atoms with Gasteiger partial charge in [0.15, 0.2) is 0 Å². The smallest absolute Gasteiger partial charge is 0.136 e. The summed E-state index contributed by atoms with van der Waals surface area (Å²) in [6, 6.07) is 85.4. The van der Waals surface area contributed by atoms with Crippen molar-refractivity contribution >= 4 is 108 Å². The molecule has 1 heterocycles. The van der Waals surface area contributed by atoms with Crippen LogP contribution in [0.25, 0.3) is 153 Å². The van der Waals surface area contributed by atoms with Gasteiger partial charge in [0.05, 0.1) is 0 Å². The van der Waals surface area contributed by atoms with Crippen LogP contribution < -0.4 is 0 Å². The molecule has 14 aromatic carbocycles. The van der Waals surface area contributed by atoms with Gasteiger partial charge in [0.1, 0.15) is 11.2 Å². The average molecular weight is 847 g/mol. The number of fused-ring (bicyclic) bond motifs is 12. The fourth-order valence-corrected chi connectivity index (χ4v) is 11.6. The van der Waals surface area contributed by atoms with Crippen molar-refractivity contribution in [3.63, 3.8) is 0 Å². The van der Waals surface area contributed by atoms with Gasteiger partial charge in [-0.25, -0.2) is 0 Å². The van der Waals surface area contributed by atoms with Crippen LogP contribution in [0.15, 0.2) is 235 Å². The maximum atomic E-state index is 6.64. The van der Waals surface area contributed by atoms with Crippen molar-refractivity contribution in [2.75, 3.05) is 0 Å². The third-order valence-corrected chi connectivity index (χ3v) is 14.8. The lowest BCUT2D eigenvalue weighted by molar-refractivity contribution is 0.669. The van der Waals surface area contributed by atoms with Crippen LogP contribution in [0.1, 0.15) is 0 Å². The first-order chi connectivity index (χ1) is 33.2. The lowest BCUT2D eigenvalue weighted by atomic mass is 9.86. The van der Waals surface area contributed by atoms with E-state index in [9.17, 15) is 0 Å². The van der Waals surface area contributed by atoms with Crippen molar-refractivity contribution in [2.24, 2.45) is 0 Å². The zero-order chi connectivity index (χ0) is 43.7. The molecule has 0 atom stereocenters. The van der Waals surface area contributed by atoms with E-state index in [1.165, 1.54) is 131 Å². The summed E-state index contributed by atoms with van der Waals surface area (Å²) in [5, 5.41) is 22.5. The van der Waals surface area contributed by atoms with Crippen molar-refractivity contribution in [2.45, 2.75) is 0 Å². The number of furan rings is 1. The molecule has 0 fully saturated rings. The molecule has 0 unspecified atom stereocenters. The van der Waals surface area contributed by atoms with Crippen LogP contribution in [0.5, 0.6) is 0 Å². The Morgan fingerprint density at radius 1 is 0.194 bits per heavy atom. The quantitative estimate of drug-likeness (QED) is 0.161. The molecule has 0 amide bonds. The van der Waals surface area contributed by atoms with Crippen LogP contribution in [-0.2, 0) is 0 Å². The zero-order valence-electron chi connectivity index (χ0n) is 36.3. The molecule has 0 aliphatic carbocycles. The molecule has 0 saturated carbocycles.